The fraction of sp³-hybridized carbons (Fsp3) is 0.368. The van der Waals surface area contributed by atoms with Gasteiger partial charge in [-0.15, -0.1) is 10.2 Å². The van der Waals surface area contributed by atoms with E-state index in [9.17, 15) is 9.50 Å². The summed E-state index contributed by atoms with van der Waals surface area (Å²) in [4.78, 5) is 6.64. The minimum Gasteiger partial charge on any atom is -0.507 e. The predicted molar refractivity (Wildman–Crippen MR) is 101 cm³/mol. The number of fused-ring (bicyclic) bond motifs is 1. The Morgan fingerprint density at radius 1 is 1.14 bits per heavy atom. The molecule has 2 saturated heterocycles. The number of piperidine rings is 1. The molecule has 0 bridgehead atoms. The first kappa shape index (κ1) is 17.1. The highest BCUT2D eigenvalue weighted by Gasteiger charge is 2.33. The van der Waals surface area contributed by atoms with Crippen LogP contribution < -0.4 is 10.2 Å². The lowest BCUT2D eigenvalue weighted by Gasteiger charge is -2.34. The van der Waals surface area contributed by atoms with Gasteiger partial charge in [0.2, 0.25) is 11.9 Å². The van der Waals surface area contributed by atoms with Crippen LogP contribution in [0.3, 0.4) is 0 Å². The molecular formula is C19H20FN7O. The maximum Gasteiger partial charge on any atom is 0.245 e. The molecule has 0 aliphatic carbocycles. The summed E-state index contributed by atoms with van der Waals surface area (Å²) in [5.41, 5.74) is 1.79. The average Bonchev–Trinajstić information content (AvgIpc) is 3.36. The molecule has 2 aliphatic rings. The number of nitrogens with one attached hydrogen (secondary N) is 2. The third-order valence-corrected chi connectivity index (χ3v) is 5.67. The third-order valence-electron chi connectivity index (χ3n) is 5.67. The number of anilines is 1. The number of halogens is 1. The van der Waals surface area contributed by atoms with Crippen LogP contribution in [0.5, 0.6) is 5.75 Å². The van der Waals surface area contributed by atoms with Crippen LogP contribution >= 0.6 is 0 Å². The first-order valence-electron chi connectivity index (χ1n) is 9.40. The molecule has 3 N–H and O–H groups in total. The van der Waals surface area contributed by atoms with E-state index in [0.717, 1.165) is 26.1 Å². The van der Waals surface area contributed by atoms with Crippen molar-refractivity contribution in [3.8, 4) is 28.1 Å². The Balaban J connectivity index is 1.36. The normalized spacial score (nSPS) is 21.7. The maximum atomic E-state index is 13.7. The van der Waals surface area contributed by atoms with Crippen molar-refractivity contribution in [3.05, 3.63) is 36.5 Å². The number of hydrogen-bond acceptors (Lipinski definition) is 7. The molecule has 0 amide bonds. The monoisotopic (exact) mass is 381 g/mol. The maximum absolute atomic E-state index is 13.7. The Labute approximate surface area is 160 Å². The summed E-state index contributed by atoms with van der Waals surface area (Å²) in [5, 5.41) is 28.4. The molecule has 2 fully saturated rings. The molecule has 0 radical (unpaired) electrons. The van der Waals surface area contributed by atoms with E-state index in [0.29, 0.717) is 40.3 Å². The molecule has 0 unspecified atom stereocenters. The van der Waals surface area contributed by atoms with Crippen LogP contribution in [-0.2, 0) is 0 Å². The zero-order valence-electron chi connectivity index (χ0n) is 15.1. The summed E-state index contributed by atoms with van der Waals surface area (Å²) in [6, 6.07) is 5.48. The van der Waals surface area contributed by atoms with E-state index < -0.39 is 5.95 Å². The van der Waals surface area contributed by atoms with E-state index in [-0.39, 0.29) is 5.75 Å². The smallest absolute Gasteiger partial charge is 0.245 e. The first-order chi connectivity index (χ1) is 13.7. The molecule has 0 spiro atoms. The third kappa shape index (κ3) is 2.97. The SMILES string of the molecule is Oc1cc(-c2cn[nH]c2F)ccc1-c1cnc(N2CC[C@@H]3NCC[C@H]3C2)nn1. The first-order valence-corrected chi connectivity index (χ1v) is 9.40. The second-order valence-corrected chi connectivity index (χ2v) is 7.32. The van der Waals surface area contributed by atoms with Gasteiger partial charge in [-0.25, -0.2) is 4.98 Å². The van der Waals surface area contributed by atoms with E-state index in [1.807, 2.05) is 0 Å². The summed E-state index contributed by atoms with van der Waals surface area (Å²) in [6.45, 7) is 2.93. The molecule has 28 heavy (non-hydrogen) atoms. The summed E-state index contributed by atoms with van der Waals surface area (Å²) < 4.78 is 13.7. The van der Waals surface area contributed by atoms with Gasteiger partial charge in [-0.2, -0.15) is 9.49 Å². The number of phenols is 1. The second-order valence-electron chi connectivity index (χ2n) is 7.32. The summed E-state index contributed by atoms with van der Waals surface area (Å²) >= 11 is 0. The van der Waals surface area contributed by atoms with Gasteiger partial charge in [0.05, 0.1) is 18.0 Å². The predicted octanol–water partition coefficient (Wildman–Crippen LogP) is 1.96. The molecule has 8 nitrogen and oxygen atoms in total. The number of aromatic amines is 1. The molecule has 3 aromatic rings. The lowest BCUT2D eigenvalue weighted by molar-refractivity contribution is 0.372. The number of aromatic nitrogens is 5. The van der Waals surface area contributed by atoms with E-state index in [1.54, 1.807) is 18.3 Å². The van der Waals surface area contributed by atoms with Gasteiger partial charge in [0.15, 0.2) is 0 Å². The number of aromatic hydroxyl groups is 1. The van der Waals surface area contributed by atoms with Crippen molar-refractivity contribution in [1.29, 1.82) is 0 Å². The number of hydrogen-bond donors (Lipinski definition) is 3. The van der Waals surface area contributed by atoms with E-state index in [4.69, 9.17) is 0 Å². The highest BCUT2D eigenvalue weighted by atomic mass is 19.1. The van der Waals surface area contributed by atoms with Gasteiger partial charge in [0, 0.05) is 24.7 Å². The van der Waals surface area contributed by atoms with Crippen LogP contribution in [-0.4, -0.2) is 56.2 Å². The van der Waals surface area contributed by atoms with Gasteiger partial charge in [-0.1, -0.05) is 6.07 Å². The minimum atomic E-state index is -0.542. The Morgan fingerprint density at radius 3 is 2.82 bits per heavy atom. The summed E-state index contributed by atoms with van der Waals surface area (Å²) in [6.07, 6.45) is 5.27. The van der Waals surface area contributed by atoms with Gasteiger partial charge in [-0.3, -0.25) is 5.10 Å². The van der Waals surface area contributed by atoms with Gasteiger partial charge in [0.1, 0.15) is 11.4 Å². The largest absolute Gasteiger partial charge is 0.507 e. The quantitative estimate of drug-likeness (QED) is 0.637. The number of H-pyrrole nitrogens is 1. The van der Waals surface area contributed by atoms with E-state index in [2.05, 4.69) is 35.6 Å². The molecular weight excluding hydrogens is 361 g/mol. The molecule has 2 aliphatic heterocycles. The highest BCUT2D eigenvalue weighted by molar-refractivity contribution is 5.73. The van der Waals surface area contributed by atoms with Crippen LogP contribution in [0.4, 0.5) is 10.3 Å². The molecule has 144 valence electrons. The zero-order valence-corrected chi connectivity index (χ0v) is 15.1. The zero-order chi connectivity index (χ0) is 19.1. The molecule has 2 atom stereocenters. The molecule has 0 saturated carbocycles. The number of rotatable bonds is 3. The van der Waals surface area contributed by atoms with Crippen molar-refractivity contribution in [2.45, 2.75) is 18.9 Å². The Kier molecular flexibility index (Phi) is 4.16. The topological polar surface area (TPSA) is 103 Å². The fourth-order valence-electron chi connectivity index (χ4n) is 4.15. The Bertz CT molecular complexity index is 990. The molecule has 4 heterocycles. The molecule has 5 rings (SSSR count). The highest BCUT2D eigenvalue weighted by Crippen LogP contribution is 2.33. The molecule has 1 aromatic carbocycles. The van der Waals surface area contributed by atoms with E-state index >= 15 is 0 Å². The van der Waals surface area contributed by atoms with Crippen LogP contribution in [0.25, 0.3) is 22.4 Å². The van der Waals surface area contributed by atoms with Crippen molar-refractivity contribution >= 4 is 5.95 Å². The Hall–Kier alpha value is -3.07. The lowest BCUT2D eigenvalue weighted by atomic mass is 9.94. The van der Waals surface area contributed by atoms with Crippen molar-refractivity contribution < 1.29 is 9.50 Å². The average molecular weight is 381 g/mol. The van der Waals surface area contributed by atoms with Crippen LogP contribution in [0.2, 0.25) is 0 Å². The molecule has 2 aromatic heterocycles. The Morgan fingerprint density at radius 2 is 2.07 bits per heavy atom. The van der Waals surface area contributed by atoms with Crippen LogP contribution in [0, 0.1) is 11.9 Å². The lowest BCUT2D eigenvalue weighted by Crippen LogP contribution is -2.45. The number of benzene rings is 1. The minimum absolute atomic E-state index is 0.0141. The van der Waals surface area contributed by atoms with E-state index in [1.165, 1.54) is 18.7 Å². The van der Waals surface area contributed by atoms with Crippen molar-refractivity contribution in [2.24, 2.45) is 5.92 Å². The second kappa shape index (κ2) is 6.83. The number of phenolic OH excluding ortho intramolecular Hbond substituents is 1. The molecule has 9 heteroatoms. The van der Waals surface area contributed by atoms with Crippen molar-refractivity contribution in [2.75, 3.05) is 24.5 Å². The van der Waals surface area contributed by atoms with Gasteiger partial charge < -0.3 is 15.3 Å². The van der Waals surface area contributed by atoms with Crippen molar-refractivity contribution in [3.63, 3.8) is 0 Å². The van der Waals surface area contributed by atoms with Crippen molar-refractivity contribution in [1.82, 2.24) is 30.7 Å². The van der Waals surface area contributed by atoms with Crippen LogP contribution in [0.1, 0.15) is 12.8 Å². The van der Waals surface area contributed by atoms with Crippen LogP contribution in [0.15, 0.2) is 30.6 Å². The van der Waals surface area contributed by atoms with Gasteiger partial charge in [-0.05, 0) is 43.0 Å². The van der Waals surface area contributed by atoms with Gasteiger partial charge in [0.25, 0.3) is 0 Å². The number of nitrogens with zero attached hydrogens (tertiary/aromatic N) is 5. The fourth-order valence-corrected chi connectivity index (χ4v) is 4.15. The van der Waals surface area contributed by atoms with Gasteiger partial charge >= 0.3 is 0 Å². The standard InChI is InChI=1S/C19H20FN7O/c20-18-14(8-23-25-18)11-1-2-13(17(28)7-11)16-9-22-19(26-24-16)27-6-4-15-12(10-27)3-5-21-15/h1-2,7-9,12,15,21,28H,3-6,10H2,(H,23,25)/t12-,15-/m0/s1. The summed E-state index contributed by atoms with van der Waals surface area (Å²) in [7, 11) is 0. The summed E-state index contributed by atoms with van der Waals surface area (Å²) in [5.74, 6) is 0.696.